The van der Waals surface area contributed by atoms with Gasteiger partial charge in [-0.1, -0.05) is 19.1 Å². The van der Waals surface area contributed by atoms with Gasteiger partial charge in [-0.15, -0.1) is 0 Å². The average Bonchev–Trinajstić information content (AvgIpc) is 3.32. The fraction of sp³-hybridized carbons (Fsp3) is 0.652. The van der Waals surface area contributed by atoms with Gasteiger partial charge in [-0.25, -0.2) is 4.39 Å². The minimum atomic E-state index is -0.0716. The van der Waals surface area contributed by atoms with Crippen LogP contribution in [0.4, 0.5) is 10.1 Å². The summed E-state index contributed by atoms with van der Waals surface area (Å²) in [5, 5.41) is 0. The molecule has 2 aliphatic carbocycles. The Hall–Kier alpha value is -1.35. The van der Waals surface area contributed by atoms with Gasteiger partial charge in [0.05, 0.1) is 0 Å². The molecule has 2 nitrogen and oxygen atoms in total. The minimum Gasteiger partial charge on any atom is -0.370 e. The topological polar surface area (TPSA) is 6.48 Å². The maximum Gasteiger partial charge on any atom is 0.123 e. The van der Waals surface area contributed by atoms with Crippen molar-refractivity contribution in [1.82, 2.24) is 4.90 Å². The Bertz CT molecular complexity index is 704. The number of piperidine rings is 1. The van der Waals surface area contributed by atoms with E-state index >= 15 is 0 Å². The van der Waals surface area contributed by atoms with E-state index in [9.17, 15) is 4.39 Å². The first-order valence-corrected chi connectivity index (χ1v) is 10.6. The maximum absolute atomic E-state index is 14.0. The van der Waals surface area contributed by atoms with Crippen molar-refractivity contribution < 1.29 is 4.39 Å². The summed E-state index contributed by atoms with van der Waals surface area (Å²) in [5.74, 6) is 2.52. The minimum absolute atomic E-state index is 0.0716. The average molecular weight is 355 g/mol. The fourth-order valence-corrected chi connectivity index (χ4v) is 6.24. The van der Waals surface area contributed by atoms with Gasteiger partial charge in [0.25, 0.3) is 0 Å². The second-order valence-corrected chi connectivity index (χ2v) is 9.20. The number of anilines is 1. The number of nitrogens with zero attached hydrogens (tertiary/aromatic N) is 2. The number of fused-ring (bicyclic) bond motifs is 4. The van der Waals surface area contributed by atoms with Gasteiger partial charge in [0, 0.05) is 30.7 Å². The zero-order valence-electron chi connectivity index (χ0n) is 16.0. The molecule has 1 aromatic carbocycles. The van der Waals surface area contributed by atoms with Crippen LogP contribution in [0.25, 0.3) is 0 Å². The highest BCUT2D eigenvalue weighted by molar-refractivity contribution is 5.63. The first-order valence-electron chi connectivity index (χ1n) is 10.6. The summed E-state index contributed by atoms with van der Waals surface area (Å²) in [7, 11) is 0. The molecule has 1 unspecified atom stereocenters. The molecule has 1 saturated heterocycles. The molecule has 2 aliphatic heterocycles. The lowest BCUT2D eigenvalue weighted by Gasteiger charge is -2.41. The highest BCUT2D eigenvalue weighted by atomic mass is 19.1. The highest BCUT2D eigenvalue weighted by Crippen LogP contribution is 2.48. The van der Waals surface area contributed by atoms with Crippen LogP contribution in [0.2, 0.25) is 0 Å². The molecular formula is C23H31FN2. The Labute approximate surface area is 157 Å². The lowest BCUT2D eigenvalue weighted by atomic mass is 9.74. The van der Waals surface area contributed by atoms with Crippen LogP contribution >= 0.6 is 0 Å². The lowest BCUT2D eigenvalue weighted by molar-refractivity contribution is 0.138. The molecule has 4 aliphatic rings. The molecule has 140 valence electrons. The molecule has 26 heavy (non-hydrogen) atoms. The van der Waals surface area contributed by atoms with E-state index in [1.165, 1.54) is 56.6 Å². The second kappa shape index (κ2) is 6.37. The molecule has 0 aromatic heterocycles. The molecule has 2 bridgehead atoms. The number of hydrogen-bond donors (Lipinski definition) is 0. The molecule has 3 heteroatoms. The zero-order valence-corrected chi connectivity index (χ0v) is 16.0. The molecule has 0 N–H and O–H groups in total. The molecule has 5 rings (SSSR count). The van der Waals surface area contributed by atoms with Crippen molar-refractivity contribution in [2.24, 2.45) is 17.8 Å². The van der Waals surface area contributed by atoms with Gasteiger partial charge < -0.3 is 9.80 Å². The van der Waals surface area contributed by atoms with E-state index in [-0.39, 0.29) is 11.2 Å². The first kappa shape index (κ1) is 16.8. The third-order valence-electron chi connectivity index (χ3n) is 7.58. The smallest absolute Gasteiger partial charge is 0.123 e. The van der Waals surface area contributed by atoms with Crippen molar-refractivity contribution in [2.45, 2.75) is 44.4 Å². The fourth-order valence-electron chi connectivity index (χ4n) is 6.24. The first-order chi connectivity index (χ1) is 12.7. The van der Waals surface area contributed by atoms with Crippen LogP contribution in [0, 0.1) is 23.6 Å². The van der Waals surface area contributed by atoms with E-state index in [4.69, 9.17) is 0 Å². The van der Waals surface area contributed by atoms with E-state index in [0.717, 1.165) is 37.3 Å². The normalized spacial score (nSPS) is 31.9. The van der Waals surface area contributed by atoms with Gasteiger partial charge in [-0.05, 0) is 86.7 Å². The zero-order chi connectivity index (χ0) is 17.7. The SMILES string of the molecule is CCCN1CC2(CCN(C[C@H]3C[C@H]4C=CC3C4)CC2)c2cc(F)ccc21. The van der Waals surface area contributed by atoms with Crippen LogP contribution in [0.15, 0.2) is 30.4 Å². The Balaban J connectivity index is 1.29. The Kier molecular flexibility index (Phi) is 4.11. The van der Waals surface area contributed by atoms with Crippen LogP contribution in [0.1, 0.15) is 44.6 Å². The van der Waals surface area contributed by atoms with E-state index in [1.807, 2.05) is 12.1 Å². The van der Waals surface area contributed by atoms with Crippen molar-refractivity contribution in [1.29, 1.82) is 0 Å². The number of halogens is 1. The molecule has 3 atom stereocenters. The summed E-state index contributed by atoms with van der Waals surface area (Å²) in [6.07, 6.45) is 11.2. The summed E-state index contributed by atoms with van der Waals surface area (Å²) in [6.45, 7) is 8.03. The molecule has 2 heterocycles. The van der Waals surface area contributed by atoms with E-state index in [1.54, 1.807) is 6.07 Å². The summed E-state index contributed by atoms with van der Waals surface area (Å²) in [4.78, 5) is 5.21. The molecule has 1 saturated carbocycles. The van der Waals surface area contributed by atoms with Gasteiger partial charge in [0.1, 0.15) is 5.82 Å². The lowest BCUT2D eigenvalue weighted by Crippen LogP contribution is -2.46. The predicted octanol–water partition coefficient (Wildman–Crippen LogP) is 4.60. The summed E-state index contributed by atoms with van der Waals surface area (Å²) < 4.78 is 14.0. The van der Waals surface area contributed by atoms with Crippen LogP contribution in [0.5, 0.6) is 0 Å². The van der Waals surface area contributed by atoms with Gasteiger partial charge in [0.2, 0.25) is 0 Å². The molecule has 0 radical (unpaired) electrons. The Morgan fingerprint density at radius 3 is 2.69 bits per heavy atom. The van der Waals surface area contributed by atoms with Gasteiger partial charge in [-0.3, -0.25) is 0 Å². The second-order valence-electron chi connectivity index (χ2n) is 9.20. The van der Waals surface area contributed by atoms with Crippen molar-refractivity contribution in [3.05, 3.63) is 41.7 Å². The Morgan fingerprint density at radius 2 is 2.00 bits per heavy atom. The van der Waals surface area contributed by atoms with Gasteiger partial charge in [-0.2, -0.15) is 0 Å². The van der Waals surface area contributed by atoms with Crippen LogP contribution in [-0.4, -0.2) is 37.6 Å². The summed E-state index contributed by atoms with van der Waals surface area (Å²) in [6, 6.07) is 5.49. The van der Waals surface area contributed by atoms with Crippen molar-refractivity contribution in [3.63, 3.8) is 0 Å². The number of likely N-dealkylation sites (tertiary alicyclic amines) is 1. The molecule has 1 aromatic rings. The monoisotopic (exact) mass is 354 g/mol. The van der Waals surface area contributed by atoms with Crippen molar-refractivity contribution in [3.8, 4) is 0 Å². The highest BCUT2D eigenvalue weighted by Gasteiger charge is 2.45. The van der Waals surface area contributed by atoms with Crippen LogP contribution in [-0.2, 0) is 5.41 Å². The van der Waals surface area contributed by atoms with Gasteiger partial charge in [0.15, 0.2) is 0 Å². The van der Waals surface area contributed by atoms with Crippen molar-refractivity contribution >= 4 is 5.69 Å². The largest absolute Gasteiger partial charge is 0.370 e. The van der Waals surface area contributed by atoms with E-state index in [0.29, 0.717) is 0 Å². The quantitative estimate of drug-likeness (QED) is 0.729. The number of rotatable bonds is 4. The van der Waals surface area contributed by atoms with Crippen LogP contribution in [0.3, 0.4) is 0 Å². The number of hydrogen-bond acceptors (Lipinski definition) is 2. The molecule has 0 amide bonds. The van der Waals surface area contributed by atoms with Gasteiger partial charge >= 0.3 is 0 Å². The van der Waals surface area contributed by atoms with E-state index in [2.05, 4.69) is 28.9 Å². The predicted molar refractivity (Wildman–Crippen MR) is 105 cm³/mol. The van der Waals surface area contributed by atoms with E-state index < -0.39 is 0 Å². The maximum atomic E-state index is 14.0. The number of allylic oxidation sites excluding steroid dienone is 2. The summed E-state index contributed by atoms with van der Waals surface area (Å²) in [5.41, 5.74) is 2.76. The third-order valence-corrected chi connectivity index (χ3v) is 7.58. The van der Waals surface area contributed by atoms with Crippen molar-refractivity contribution in [2.75, 3.05) is 37.6 Å². The molecular weight excluding hydrogens is 323 g/mol. The summed E-state index contributed by atoms with van der Waals surface area (Å²) >= 11 is 0. The standard InChI is InChI=1S/C23H31FN2/c1-2-9-26-16-23(21-14-20(24)5-6-22(21)26)7-10-25(11-8-23)15-19-13-17-3-4-18(19)12-17/h3-6,14,17-19H,2,7-13,15-16H2,1H3/t17-,18?,19+/m0/s1. The Morgan fingerprint density at radius 1 is 1.15 bits per heavy atom. The third kappa shape index (κ3) is 2.70. The molecule has 2 fully saturated rings. The van der Waals surface area contributed by atoms with Crippen LogP contribution < -0.4 is 4.90 Å². The molecule has 1 spiro atoms. The number of benzene rings is 1.